The summed E-state index contributed by atoms with van der Waals surface area (Å²) < 4.78 is 39.0. The normalized spacial score (nSPS) is 11.7. The number of hydrogen-bond acceptors (Lipinski definition) is 4. The van der Waals surface area contributed by atoms with Crippen molar-refractivity contribution in [2.24, 2.45) is 0 Å². The molecule has 3 heterocycles. The fraction of sp³-hybridized carbons (Fsp3) is 0.105. The van der Waals surface area contributed by atoms with Gasteiger partial charge in [0.25, 0.3) is 0 Å². The Hall–Kier alpha value is -3.42. The van der Waals surface area contributed by atoms with E-state index in [0.717, 1.165) is 17.8 Å². The van der Waals surface area contributed by atoms with E-state index < -0.39 is 11.7 Å². The smallest absolute Gasteiger partial charge is 0.350 e. The van der Waals surface area contributed by atoms with Gasteiger partial charge in [0, 0.05) is 36.1 Å². The Kier molecular flexibility index (Phi) is 4.23. The van der Waals surface area contributed by atoms with Gasteiger partial charge in [0.05, 0.1) is 11.3 Å². The second kappa shape index (κ2) is 6.71. The zero-order valence-corrected chi connectivity index (χ0v) is 14.0. The van der Waals surface area contributed by atoms with E-state index >= 15 is 0 Å². The molecule has 0 bridgehead atoms. The fourth-order valence-electron chi connectivity index (χ4n) is 2.74. The molecule has 0 radical (unpaired) electrons. The zero-order valence-electron chi connectivity index (χ0n) is 14.0. The lowest BCUT2D eigenvalue weighted by Gasteiger charge is -2.08. The third-order valence-electron chi connectivity index (χ3n) is 4.08. The first-order valence-corrected chi connectivity index (χ1v) is 8.16. The first-order valence-electron chi connectivity index (χ1n) is 8.16. The van der Waals surface area contributed by atoms with Crippen LogP contribution in [0.3, 0.4) is 0 Å². The van der Waals surface area contributed by atoms with E-state index in [1.54, 1.807) is 18.5 Å². The van der Waals surface area contributed by atoms with Gasteiger partial charge in [-0.05, 0) is 17.7 Å². The molecule has 0 saturated heterocycles. The lowest BCUT2D eigenvalue weighted by atomic mass is 10.1. The van der Waals surface area contributed by atoms with Crippen LogP contribution in [0.25, 0.3) is 22.3 Å². The maximum Gasteiger partial charge on any atom is 0.417 e. The molecule has 1 aromatic carbocycles. The van der Waals surface area contributed by atoms with Crippen molar-refractivity contribution in [2.75, 3.05) is 5.32 Å². The molecule has 0 spiro atoms. The summed E-state index contributed by atoms with van der Waals surface area (Å²) >= 11 is 0. The number of pyridine rings is 1. The van der Waals surface area contributed by atoms with Crippen molar-refractivity contribution in [3.63, 3.8) is 0 Å². The number of benzene rings is 1. The van der Waals surface area contributed by atoms with Crippen molar-refractivity contribution in [3.05, 3.63) is 72.2 Å². The Labute approximate surface area is 152 Å². The van der Waals surface area contributed by atoms with Crippen molar-refractivity contribution in [1.82, 2.24) is 19.9 Å². The minimum atomic E-state index is -4.45. The molecule has 0 unspecified atom stereocenters. The Bertz CT molecular complexity index is 1070. The second-order valence-electron chi connectivity index (χ2n) is 5.92. The molecule has 3 aromatic heterocycles. The number of aromatic nitrogens is 4. The minimum Gasteiger partial charge on any atom is -0.350 e. The van der Waals surface area contributed by atoms with E-state index in [1.165, 1.54) is 0 Å². The molecule has 0 amide bonds. The van der Waals surface area contributed by atoms with Crippen molar-refractivity contribution < 1.29 is 13.2 Å². The molecule has 27 heavy (non-hydrogen) atoms. The van der Waals surface area contributed by atoms with Crippen molar-refractivity contribution in [1.29, 1.82) is 0 Å². The average molecular weight is 369 g/mol. The average Bonchev–Trinajstić information content (AvgIpc) is 3.10. The highest BCUT2D eigenvalue weighted by atomic mass is 19.4. The summed E-state index contributed by atoms with van der Waals surface area (Å²) in [5.74, 6) is 0.394. The maximum absolute atomic E-state index is 13.0. The topological polar surface area (TPSA) is 66.5 Å². The predicted octanol–water partition coefficient (Wildman–Crippen LogP) is 4.65. The van der Waals surface area contributed by atoms with E-state index in [0.29, 0.717) is 34.8 Å². The van der Waals surface area contributed by atoms with Crippen LogP contribution in [-0.2, 0) is 12.7 Å². The molecule has 4 rings (SSSR count). The molecule has 0 aliphatic rings. The van der Waals surface area contributed by atoms with Gasteiger partial charge in [-0.2, -0.15) is 13.2 Å². The predicted molar refractivity (Wildman–Crippen MR) is 95.9 cm³/mol. The van der Waals surface area contributed by atoms with Crippen LogP contribution < -0.4 is 5.32 Å². The molecule has 0 aliphatic heterocycles. The third kappa shape index (κ3) is 3.59. The van der Waals surface area contributed by atoms with Crippen LogP contribution in [0.15, 0.2) is 61.1 Å². The molecule has 0 fully saturated rings. The molecule has 0 atom stereocenters. The van der Waals surface area contributed by atoms with Crippen molar-refractivity contribution in [2.45, 2.75) is 12.7 Å². The molecule has 2 N–H and O–H groups in total. The summed E-state index contributed by atoms with van der Waals surface area (Å²) in [6.45, 7) is 0.540. The largest absolute Gasteiger partial charge is 0.417 e. The van der Waals surface area contributed by atoms with Gasteiger partial charge >= 0.3 is 6.18 Å². The van der Waals surface area contributed by atoms with Gasteiger partial charge in [0.15, 0.2) is 0 Å². The SMILES string of the molecule is FC(F)(F)c1cnc2[nH]cc(-c3ccnc(NCc4ccccc4)n3)c2c1. The van der Waals surface area contributed by atoms with Crippen LogP contribution in [0.1, 0.15) is 11.1 Å². The number of alkyl halides is 3. The standard InChI is InChI=1S/C19H14F3N5/c20-19(21,22)13-8-14-15(11-25-17(14)24-10-13)16-6-7-23-18(27-16)26-9-12-4-2-1-3-5-12/h1-8,10-11H,9H2,(H,24,25)(H,23,26,27). The number of nitrogens with zero attached hydrogens (tertiary/aromatic N) is 3. The van der Waals surface area contributed by atoms with Crippen molar-refractivity contribution >= 4 is 17.0 Å². The van der Waals surface area contributed by atoms with Gasteiger partial charge in [0.2, 0.25) is 5.95 Å². The van der Waals surface area contributed by atoms with Crippen LogP contribution in [0.4, 0.5) is 19.1 Å². The van der Waals surface area contributed by atoms with Gasteiger partial charge in [-0.3, -0.25) is 0 Å². The minimum absolute atomic E-state index is 0.359. The third-order valence-corrected chi connectivity index (χ3v) is 4.08. The van der Waals surface area contributed by atoms with E-state index in [-0.39, 0.29) is 0 Å². The quantitative estimate of drug-likeness (QED) is 0.549. The highest BCUT2D eigenvalue weighted by molar-refractivity contribution is 5.92. The molecule has 5 nitrogen and oxygen atoms in total. The molecule has 8 heteroatoms. The summed E-state index contributed by atoms with van der Waals surface area (Å²) in [5.41, 5.74) is 1.68. The highest BCUT2D eigenvalue weighted by Crippen LogP contribution is 2.33. The highest BCUT2D eigenvalue weighted by Gasteiger charge is 2.31. The first-order chi connectivity index (χ1) is 13.0. The summed E-state index contributed by atoms with van der Waals surface area (Å²) in [4.78, 5) is 15.3. The molecule has 4 aromatic rings. The Morgan fingerprint density at radius 3 is 2.63 bits per heavy atom. The monoisotopic (exact) mass is 369 g/mol. The Balaban J connectivity index is 1.65. The summed E-state index contributed by atoms with van der Waals surface area (Å²) in [7, 11) is 0. The van der Waals surface area contributed by atoms with E-state index in [2.05, 4.69) is 25.3 Å². The number of fused-ring (bicyclic) bond motifs is 1. The van der Waals surface area contributed by atoms with Crippen LogP contribution in [0.2, 0.25) is 0 Å². The molecule has 136 valence electrons. The number of H-pyrrole nitrogens is 1. The lowest BCUT2D eigenvalue weighted by molar-refractivity contribution is -0.137. The number of hydrogen-bond donors (Lipinski definition) is 2. The Morgan fingerprint density at radius 1 is 1.04 bits per heavy atom. The number of nitrogens with one attached hydrogen (secondary N) is 2. The summed E-state index contributed by atoms with van der Waals surface area (Å²) in [6.07, 6.45) is -0.476. The van der Waals surface area contributed by atoms with Crippen LogP contribution in [-0.4, -0.2) is 19.9 Å². The number of halogens is 3. The molecule has 0 aliphatic carbocycles. The second-order valence-corrected chi connectivity index (χ2v) is 5.92. The van der Waals surface area contributed by atoms with Crippen LogP contribution in [0.5, 0.6) is 0 Å². The lowest BCUT2D eigenvalue weighted by Crippen LogP contribution is -2.05. The van der Waals surface area contributed by atoms with Gasteiger partial charge in [-0.1, -0.05) is 30.3 Å². The summed E-state index contributed by atoms with van der Waals surface area (Å²) in [6, 6.07) is 12.5. The molecular weight excluding hydrogens is 355 g/mol. The van der Waals surface area contributed by atoms with E-state index in [9.17, 15) is 13.2 Å². The Morgan fingerprint density at radius 2 is 1.85 bits per heavy atom. The van der Waals surface area contributed by atoms with Gasteiger partial charge in [-0.25, -0.2) is 15.0 Å². The number of rotatable bonds is 4. The van der Waals surface area contributed by atoms with E-state index in [4.69, 9.17) is 0 Å². The summed E-state index contributed by atoms with van der Waals surface area (Å²) in [5, 5.41) is 3.48. The van der Waals surface area contributed by atoms with Gasteiger partial charge in [-0.15, -0.1) is 0 Å². The van der Waals surface area contributed by atoms with Crippen molar-refractivity contribution in [3.8, 4) is 11.3 Å². The van der Waals surface area contributed by atoms with E-state index in [1.807, 2.05) is 30.3 Å². The van der Waals surface area contributed by atoms with Gasteiger partial charge < -0.3 is 10.3 Å². The fourth-order valence-corrected chi connectivity index (χ4v) is 2.74. The molecular formula is C19H14F3N5. The van der Waals surface area contributed by atoms with Crippen LogP contribution in [0, 0.1) is 0 Å². The maximum atomic E-state index is 13.0. The number of anilines is 1. The number of aromatic amines is 1. The molecule has 0 saturated carbocycles. The van der Waals surface area contributed by atoms with Crippen LogP contribution >= 0.6 is 0 Å². The van der Waals surface area contributed by atoms with Gasteiger partial charge in [0.1, 0.15) is 5.65 Å². The zero-order chi connectivity index (χ0) is 18.9. The first kappa shape index (κ1) is 17.0.